The van der Waals surface area contributed by atoms with Gasteiger partial charge in [-0.15, -0.1) is 0 Å². The molecule has 6 rings (SSSR count). The average molecular weight is 629 g/mol. The number of aromatic nitrogens is 3. The average Bonchev–Trinajstić information content (AvgIpc) is 3.51. The number of aryl methyl sites for hydroxylation is 1. The van der Waals surface area contributed by atoms with E-state index in [2.05, 4.69) is 45.5 Å². The predicted molar refractivity (Wildman–Crippen MR) is 178 cm³/mol. The number of carbonyl (C=O) groups is 1. The van der Waals surface area contributed by atoms with Crippen molar-refractivity contribution in [1.29, 1.82) is 0 Å². The Morgan fingerprint density at radius 1 is 1.24 bits per heavy atom. The third-order valence-electron chi connectivity index (χ3n) is 9.27. The normalized spacial score (nSPS) is 19.7. The van der Waals surface area contributed by atoms with Gasteiger partial charge >= 0.3 is 0 Å². The molecule has 3 aromatic heterocycles. The van der Waals surface area contributed by atoms with Crippen LogP contribution in [-0.2, 0) is 37.8 Å². The van der Waals surface area contributed by atoms with Crippen LogP contribution in [0.4, 0.5) is 11.5 Å². The summed E-state index contributed by atoms with van der Waals surface area (Å²) in [6, 6.07) is 5.73. The van der Waals surface area contributed by atoms with E-state index in [1.54, 1.807) is 49.7 Å². The lowest BCUT2D eigenvalue weighted by Gasteiger charge is -2.34. The summed E-state index contributed by atoms with van der Waals surface area (Å²) in [4.78, 5) is 40.0. The van der Waals surface area contributed by atoms with Gasteiger partial charge < -0.3 is 30.0 Å². The van der Waals surface area contributed by atoms with E-state index in [1.165, 1.54) is 15.8 Å². The molecule has 4 N–H and O–H groups in total. The number of rotatable bonds is 8. The Hall–Kier alpha value is -4.26. The number of ether oxygens (including phenoxy) is 1. The Morgan fingerprint density at radius 2 is 2.04 bits per heavy atom. The standard InChI is InChI=1S/C34H44N8O4/c1-21(20-46-5)40-9-8-36-24(18-40)14-30(35)38-27-12-23(17-39(4)32(27)44)25-6-7-37-31(26(25)19-43)42-11-10-41-28(33(42)45)13-22-15-34(2,3)16-29(22)41/h6-7,12-14,17,21,36,43H,8-11,15-16,18-20H2,1-5H3,(H2,35,38)/b24-14-. The molecule has 1 unspecified atom stereocenters. The molecule has 0 spiro atoms. The molecule has 3 aromatic rings. The summed E-state index contributed by atoms with van der Waals surface area (Å²) in [6.45, 7) is 10.4. The molecule has 1 saturated heterocycles. The van der Waals surface area contributed by atoms with Crippen LogP contribution in [0.2, 0.25) is 0 Å². The third-order valence-corrected chi connectivity index (χ3v) is 9.27. The highest BCUT2D eigenvalue weighted by Crippen LogP contribution is 2.40. The zero-order chi connectivity index (χ0) is 32.7. The molecular formula is C34H44N8O4. The number of pyridine rings is 2. The number of carbonyl (C=O) groups excluding carboxylic acids is 1. The first-order chi connectivity index (χ1) is 22.0. The lowest BCUT2D eigenvalue weighted by atomic mass is 9.90. The molecule has 46 heavy (non-hydrogen) atoms. The van der Waals surface area contributed by atoms with Crippen molar-refractivity contribution in [3.8, 4) is 11.1 Å². The van der Waals surface area contributed by atoms with Gasteiger partial charge in [0, 0.05) is 93.9 Å². The second-order valence-electron chi connectivity index (χ2n) is 13.4. The lowest BCUT2D eigenvalue weighted by molar-refractivity contribution is 0.0962. The summed E-state index contributed by atoms with van der Waals surface area (Å²) in [6.07, 6.45) is 6.99. The predicted octanol–water partition coefficient (Wildman–Crippen LogP) is 2.34. The van der Waals surface area contributed by atoms with Gasteiger partial charge in [0.15, 0.2) is 0 Å². The number of aliphatic hydroxyl groups is 1. The zero-order valence-electron chi connectivity index (χ0n) is 27.3. The Bertz CT molecular complexity index is 1790. The molecule has 0 bridgehead atoms. The molecule has 1 aliphatic carbocycles. The van der Waals surface area contributed by atoms with E-state index in [9.17, 15) is 14.7 Å². The van der Waals surface area contributed by atoms with Crippen LogP contribution < -0.4 is 21.5 Å². The Kier molecular flexibility index (Phi) is 8.62. The molecule has 2 aliphatic heterocycles. The highest BCUT2D eigenvalue weighted by atomic mass is 16.5. The summed E-state index contributed by atoms with van der Waals surface area (Å²) >= 11 is 0. The maximum atomic E-state index is 13.8. The number of anilines is 1. The van der Waals surface area contributed by atoms with Crippen LogP contribution in [-0.4, -0.2) is 81.8 Å². The summed E-state index contributed by atoms with van der Waals surface area (Å²) in [7, 11) is 3.35. The van der Waals surface area contributed by atoms with Gasteiger partial charge in [0.1, 0.15) is 23.0 Å². The fourth-order valence-electron chi connectivity index (χ4n) is 7.06. The zero-order valence-corrected chi connectivity index (χ0v) is 27.3. The fourth-order valence-corrected chi connectivity index (χ4v) is 7.06. The van der Waals surface area contributed by atoms with E-state index < -0.39 is 0 Å². The van der Waals surface area contributed by atoms with E-state index in [4.69, 9.17) is 10.5 Å². The van der Waals surface area contributed by atoms with E-state index in [0.717, 1.165) is 31.6 Å². The van der Waals surface area contributed by atoms with E-state index in [1.807, 2.05) is 6.07 Å². The molecule has 12 heteroatoms. The number of amides is 1. The number of nitrogens with two attached hydrogens (primary N) is 1. The fraction of sp³-hybridized carbons (Fsp3) is 0.471. The van der Waals surface area contributed by atoms with Crippen molar-refractivity contribution in [1.82, 2.24) is 24.3 Å². The van der Waals surface area contributed by atoms with Crippen molar-refractivity contribution in [2.45, 2.75) is 52.8 Å². The molecule has 1 amide bonds. The summed E-state index contributed by atoms with van der Waals surface area (Å²) in [5, 5.41) is 14.0. The van der Waals surface area contributed by atoms with Crippen LogP contribution in [0.5, 0.6) is 0 Å². The van der Waals surface area contributed by atoms with Crippen LogP contribution >= 0.6 is 0 Å². The molecule has 244 valence electrons. The second kappa shape index (κ2) is 12.5. The monoisotopic (exact) mass is 628 g/mol. The minimum atomic E-state index is -0.340. The van der Waals surface area contributed by atoms with Crippen LogP contribution in [0, 0.1) is 5.41 Å². The van der Waals surface area contributed by atoms with Crippen LogP contribution in [0.25, 0.3) is 11.1 Å². The number of fused-ring (bicyclic) bond motifs is 3. The summed E-state index contributed by atoms with van der Waals surface area (Å²) in [5.41, 5.74) is 12.3. The molecule has 3 aliphatic rings. The number of hydrogen-bond donors (Lipinski definition) is 3. The van der Waals surface area contributed by atoms with Gasteiger partial charge in [-0.2, -0.15) is 0 Å². The molecule has 0 radical (unpaired) electrons. The van der Waals surface area contributed by atoms with Crippen molar-refractivity contribution >= 4 is 23.2 Å². The van der Waals surface area contributed by atoms with E-state index in [-0.39, 0.29) is 41.1 Å². The molecule has 1 fully saturated rings. The molecule has 0 saturated carbocycles. The van der Waals surface area contributed by atoms with Crippen LogP contribution in [0.15, 0.2) is 52.2 Å². The van der Waals surface area contributed by atoms with Crippen LogP contribution in [0.1, 0.15) is 48.1 Å². The Balaban J connectivity index is 1.30. The Labute approximate surface area is 269 Å². The van der Waals surface area contributed by atoms with Gasteiger partial charge in [0.25, 0.3) is 11.5 Å². The molecule has 12 nitrogen and oxygen atoms in total. The van der Waals surface area contributed by atoms with Crippen molar-refractivity contribution in [2.24, 2.45) is 23.2 Å². The van der Waals surface area contributed by atoms with Crippen molar-refractivity contribution in [3.05, 3.63) is 75.2 Å². The van der Waals surface area contributed by atoms with Gasteiger partial charge in [-0.3, -0.25) is 19.4 Å². The number of aliphatic hydroxyl groups excluding tert-OH is 1. The number of amidine groups is 1. The largest absolute Gasteiger partial charge is 0.392 e. The molecular weight excluding hydrogens is 584 g/mol. The van der Waals surface area contributed by atoms with Gasteiger partial charge in [-0.05, 0) is 54.5 Å². The third kappa shape index (κ3) is 6.00. The number of piperazine rings is 1. The van der Waals surface area contributed by atoms with Gasteiger partial charge in [0.05, 0.1) is 13.2 Å². The summed E-state index contributed by atoms with van der Waals surface area (Å²) in [5.74, 6) is 0.487. The van der Waals surface area contributed by atoms with Crippen molar-refractivity contribution in [2.75, 3.05) is 44.8 Å². The smallest absolute Gasteiger partial charge is 0.276 e. The van der Waals surface area contributed by atoms with Crippen LogP contribution in [0.3, 0.4) is 0 Å². The molecule has 0 aromatic carbocycles. The minimum Gasteiger partial charge on any atom is -0.392 e. The number of hydrogen-bond acceptors (Lipinski definition) is 8. The maximum Gasteiger partial charge on any atom is 0.276 e. The molecule has 1 atom stereocenters. The summed E-state index contributed by atoms with van der Waals surface area (Å²) < 4.78 is 8.92. The SMILES string of the molecule is COCC(C)N1CCN/C(=C\C(N)=Nc2cc(-c3ccnc(N4CCn5c(cc6c5CC(C)(C)C6)C4=O)c3CO)cn(C)c2=O)C1. The number of nitrogens with zero attached hydrogens (tertiary/aromatic N) is 6. The first-order valence-corrected chi connectivity index (χ1v) is 15.8. The van der Waals surface area contributed by atoms with E-state index in [0.29, 0.717) is 54.4 Å². The highest BCUT2D eigenvalue weighted by Gasteiger charge is 2.37. The van der Waals surface area contributed by atoms with Gasteiger partial charge in [0.2, 0.25) is 0 Å². The lowest BCUT2D eigenvalue weighted by Crippen LogP contribution is -2.47. The Morgan fingerprint density at radius 3 is 2.80 bits per heavy atom. The van der Waals surface area contributed by atoms with Crippen molar-refractivity contribution < 1.29 is 14.6 Å². The quantitative estimate of drug-likeness (QED) is 0.255. The first-order valence-electron chi connectivity index (χ1n) is 15.8. The first kappa shape index (κ1) is 31.7. The second-order valence-corrected chi connectivity index (χ2v) is 13.4. The topological polar surface area (TPSA) is 143 Å². The van der Waals surface area contributed by atoms with Crippen molar-refractivity contribution in [3.63, 3.8) is 0 Å². The minimum absolute atomic E-state index is 0.129. The number of aliphatic imine (C=N–C) groups is 1. The molecule has 5 heterocycles. The van der Waals surface area contributed by atoms with Gasteiger partial charge in [-0.1, -0.05) is 13.8 Å². The maximum absolute atomic E-state index is 13.8. The number of methoxy groups -OCH3 is 1. The van der Waals surface area contributed by atoms with Gasteiger partial charge in [-0.25, -0.2) is 9.98 Å². The highest BCUT2D eigenvalue weighted by molar-refractivity contribution is 6.06. The van der Waals surface area contributed by atoms with E-state index >= 15 is 0 Å². The number of nitrogens with one attached hydrogen (secondary N) is 1.